The predicted octanol–water partition coefficient (Wildman–Crippen LogP) is 2.39. The number of Topliss-reactive ketones (excluding diaryl/α,β-unsaturated/α-hetero) is 1. The minimum Gasteiger partial charge on any atom is -0.500 e. The molecule has 1 saturated carbocycles. The fourth-order valence-corrected chi connectivity index (χ4v) is 3.93. The number of hydrogen-bond donors (Lipinski definition) is 0. The van der Waals surface area contributed by atoms with Crippen LogP contribution < -0.4 is 0 Å². The van der Waals surface area contributed by atoms with Crippen LogP contribution in [0.5, 0.6) is 0 Å². The molecule has 1 saturated heterocycles. The maximum absolute atomic E-state index is 13.0. The van der Waals surface area contributed by atoms with Crippen LogP contribution in [0.4, 0.5) is 0 Å². The number of ketones is 1. The standard InChI is InChI=1S/C16H20O4/c1-9(2)5-6-16-11-7-12(19-4)15(3,14(16)18)8-10(11)13(17)20-16/h5,7,10-11H,6,8H2,1-4H3/t10-,11+,15+,16?/m1/s1. The molecule has 4 bridgehead atoms. The molecule has 4 aliphatic rings. The molecule has 3 aliphatic carbocycles. The van der Waals surface area contributed by atoms with Crippen LogP contribution in [0.15, 0.2) is 23.5 Å². The first kappa shape index (κ1) is 13.4. The van der Waals surface area contributed by atoms with Crippen molar-refractivity contribution in [1.82, 2.24) is 0 Å². The van der Waals surface area contributed by atoms with Crippen LogP contribution in [0, 0.1) is 17.3 Å². The smallest absolute Gasteiger partial charge is 0.310 e. The van der Waals surface area contributed by atoms with Gasteiger partial charge in [0.2, 0.25) is 0 Å². The van der Waals surface area contributed by atoms with E-state index in [1.165, 1.54) is 0 Å². The van der Waals surface area contributed by atoms with Crippen molar-refractivity contribution in [2.45, 2.75) is 39.2 Å². The maximum atomic E-state index is 13.0. The zero-order chi connectivity index (χ0) is 14.7. The zero-order valence-electron chi connectivity index (χ0n) is 12.4. The van der Waals surface area contributed by atoms with Crippen molar-refractivity contribution < 1.29 is 19.1 Å². The third-order valence-electron chi connectivity index (χ3n) is 4.98. The van der Waals surface area contributed by atoms with Gasteiger partial charge >= 0.3 is 5.97 Å². The number of allylic oxidation sites excluding steroid dienone is 2. The van der Waals surface area contributed by atoms with E-state index in [1.807, 2.05) is 32.9 Å². The molecule has 0 N–H and O–H groups in total. The molecule has 4 atom stereocenters. The molecule has 4 heteroatoms. The predicted molar refractivity (Wildman–Crippen MR) is 72.7 cm³/mol. The van der Waals surface area contributed by atoms with Gasteiger partial charge in [-0.25, -0.2) is 0 Å². The summed E-state index contributed by atoms with van der Waals surface area (Å²) in [6.45, 7) is 5.83. The van der Waals surface area contributed by atoms with Gasteiger partial charge in [0.15, 0.2) is 11.4 Å². The van der Waals surface area contributed by atoms with E-state index in [4.69, 9.17) is 9.47 Å². The van der Waals surface area contributed by atoms with E-state index in [1.54, 1.807) is 7.11 Å². The van der Waals surface area contributed by atoms with Crippen LogP contribution in [0.3, 0.4) is 0 Å². The fraction of sp³-hybridized carbons (Fsp3) is 0.625. The Morgan fingerprint density at radius 3 is 2.80 bits per heavy atom. The molecule has 1 aliphatic heterocycles. The highest BCUT2D eigenvalue weighted by molar-refractivity contribution is 6.03. The van der Waals surface area contributed by atoms with Crippen molar-refractivity contribution in [3.05, 3.63) is 23.5 Å². The van der Waals surface area contributed by atoms with Crippen LogP contribution in [-0.4, -0.2) is 24.5 Å². The second-order valence-electron chi connectivity index (χ2n) is 6.53. The molecule has 0 radical (unpaired) electrons. The Morgan fingerprint density at radius 1 is 1.50 bits per heavy atom. The van der Waals surface area contributed by atoms with Crippen molar-refractivity contribution in [1.29, 1.82) is 0 Å². The monoisotopic (exact) mass is 276 g/mol. The lowest BCUT2D eigenvalue weighted by Gasteiger charge is -2.48. The molecule has 4 nitrogen and oxygen atoms in total. The van der Waals surface area contributed by atoms with Crippen LogP contribution in [0.25, 0.3) is 0 Å². The van der Waals surface area contributed by atoms with Gasteiger partial charge in [-0.3, -0.25) is 9.59 Å². The van der Waals surface area contributed by atoms with Crippen LogP contribution in [0.1, 0.15) is 33.6 Å². The van der Waals surface area contributed by atoms with Crippen molar-refractivity contribution in [3.63, 3.8) is 0 Å². The minimum absolute atomic E-state index is 0.00560. The Bertz CT molecular complexity index is 555. The summed E-state index contributed by atoms with van der Waals surface area (Å²) < 4.78 is 11.0. The lowest BCUT2D eigenvalue weighted by molar-refractivity contribution is -0.163. The lowest BCUT2D eigenvalue weighted by Crippen LogP contribution is -2.59. The average Bonchev–Trinajstić information content (AvgIpc) is 2.63. The molecule has 0 aromatic carbocycles. The van der Waals surface area contributed by atoms with Gasteiger partial charge in [-0.2, -0.15) is 0 Å². The molecule has 20 heavy (non-hydrogen) atoms. The van der Waals surface area contributed by atoms with Crippen LogP contribution in [0.2, 0.25) is 0 Å². The van der Waals surface area contributed by atoms with Gasteiger partial charge < -0.3 is 9.47 Å². The quantitative estimate of drug-likeness (QED) is 0.586. The van der Waals surface area contributed by atoms with E-state index in [0.717, 1.165) is 5.57 Å². The number of methoxy groups -OCH3 is 1. The summed E-state index contributed by atoms with van der Waals surface area (Å²) in [5.74, 6) is 0.0569. The Hall–Kier alpha value is -1.58. The molecule has 0 amide bonds. The Balaban J connectivity index is 2.12. The topological polar surface area (TPSA) is 52.6 Å². The van der Waals surface area contributed by atoms with Crippen molar-refractivity contribution in [2.24, 2.45) is 17.3 Å². The number of carbonyl (C=O) groups excluding carboxylic acids is 2. The molecule has 0 aromatic heterocycles. The molecule has 0 spiro atoms. The summed E-state index contributed by atoms with van der Waals surface area (Å²) >= 11 is 0. The molecule has 108 valence electrons. The molecule has 1 heterocycles. The summed E-state index contributed by atoms with van der Waals surface area (Å²) in [6.07, 6.45) is 4.90. The highest BCUT2D eigenvalue weighted by Crippen LogP contribution is 2.60. The van der Waals surface area contributed by atoms with Gasteiger partial charge in [0, 0.05) is 12.3 Å². The number of carbonyl (C=O) groups is 2. The van der Waals surface area contributed by atoms with Crippen molar-refractivity contribution in [2.75, 3.05) is 7.11 Å². The molecule has 4 rings (SSSR count). The van der Waals surface area contributed by atoms with Gasteiger partial charge in [-0.15, -0.1) is 0 Å². The third kappa shape index (κ3) is 1.42. The summed E-state index contributed by atoms with van der Waals surface area (Å²) in [5, 5.41) is 0. The summed E-state index contributed by atoms with van der Waals surface area (Å²) in [6, 6.07) is 0. The van der Waals surface area contributed by atoms with Gasteiger partial charge in [0.05, 0.1) is 18.4 Å². The van der Waals surface area contributed by atoms with E-state index in [-0.39, 0.29) is 23.6 Å². The van der Waals surface area contributed by atoms with Gasteiger partial charge in [-0.05, 0) is 33.3 Å². The summed E-state index contributed by atoms with van der Waals surface area (Å²) in [4.78, 5) is 25.1. The Kier molecular flexibility index (Phi) is 2.66. The SMILES string of the molecule is COC1=C[C@H]2[C@H]3C[C@]1(C)C(=O)C2(CC=C(C)C)OC3=O. The third-order valence-corrected chi connectivity index (χ3v) is 4.98. The maximum Gasteiger partial charge on any atom is 0.310 e. The van der Waals surface area contributed by atoms with Crippen molar-refractivity contribution in [3.8, 4) is 0 Å². The second kappa shape index (κ2) is 3.96. The first-order valence-electron chi connectivity index (χ1n) is 7.02. The minimum atomic E-state index is -1.01. The van der Waals surface area contributed by atoms with Gasteiger partial charge in [0.25, 0.3) is 0 Å². The number of rotatable bonds is 3. The molecule has 2 fully saturated rings. The number of ether oxygens (including phenoxy) is 2. The van der Waals surface area contributed by atoms with E-state index < -0.39 is 11.0 Å². The van der Waals surface area contributed by atoms with Gasteiger partial charge in [-0.1, -0.05) is 11.6 Å². The van der Waals surface area contributed by atoms with Crippen LogP contribution in [-0.2, 0) is 19.1 Å². The highest BCUT2D eigenvalue weighted by atomic mass is 16.6. The lowest BCUT2D eigenvalue weighted by atomic mass is 9.54. The summed E-state index contributed by atoms with van der Waals surface area (Å²) in [5.41, 5.74) is -0.613. The largest absolute Gasteiger partial charge is 0.500 e. The average molecular weight is 276 g/mol. The Morgan fingerprint density at radius 2 is 2.20 bits per heavy atom. The van der Waals surface area contributed by atoms with E-state index in [2.05, 4.69) is 0 Å². The Labute approximate surface area is 118 Å². The summed E-state index contributed by atoms with van der Waals surface area (Å²) in [7, 11) is 1.58. The van der Waals surface area contributed by atoms with Crippen molar-refractivity contribution >= 4 is 11.8 Å². The van der Waals surface area contributed by atoms with E-state index in [0.29, 0.717) is 18.6 Å². The van der Waals surface area contributed by atoms with E-state index >= 15 is 0 Å². The first-order chi connectivity index (χ1) is 9.35. The molecular formula is C16H20O4. The highest BCUT2D eigenvalue weighted by Gasteiger charge is 2.71. The second-order valence-corrected chi connectivity index (χ2v) is 6.53. The zero-order valence-corrected chi connectivity index (χ0v) is 12.4. The molecule has 1 unspecified atom stereocenters. The number of hydrogen-bond acceptors (Lipinski definition) is 4. The normalized spacial score (nSPS) is 41.3. The molecular weight excluding hydrogens is 256 g/mol. The van der Waals surface area contributed by atoms with E-state index in [9.17, 15) is 9.59 Å². The molecule has 0 aromatic rings. The fourth-order valence-electron chi connectivity index (χ4n) is 3.93. The number of esters is 1. The first-order valence-corrected chi connectivity index (χ1v) is 7.02. The van der Waals surface area contributed by atoms with Crippen LogP contribution >= 0.6 is 0 Å². The van der Waals surface area contributed by atoms with Gasteiger partial charge in [0.1, 0.15) is 5.76 Å².